The zero-order chi connectivity index (χ0) is 11.5. The second kappa shape index (κ2) is 4.53. The van der Waals surface area contributed by atoms with Crippen LogP contribution in [-0.4, -0.2) is 16.8 Å². The summed E-state index contributed by atoms with van der Waals surface area (Å²) in [6.45, 7) is 4.94. The number of rotatable bonds is 4. The van der Waals surface area contributed by atoms with Gasteiger partial charge in [0.25, 0.3) is 0 Å². The van der Waals surface area contributed by atoms with Crippen LogP contribution >= 0.6 is 0 Å². The molecule has 1 atom stereocenters. The second-order valence-corrected chi connectivity index (χ2v) is 3.73. The molecule has 0 aliphatic heterocycles. The first-order valence-corrected chi connectivity index (χ1v) is 5.51. The third kappa shape index (κ3) is 1.76. The molecule has 0 radical (unpaired) electrons. The number of nitrogens with zero attached hydrogens (tertiary/aromatic N) is 2. The van der Waals surface area contributed by atoms with Crippen LogP contribution in [0.25, 0.3) is 0 Å². The van der Waals surface area contributed by atoms with Gasteiger partial charge in [-0.05, 0) is 33.0 Å². The van der Waals surface area contributed by atoms with Gasteiger partial charge in [0.05, 0.1) is 18.0 Å². The maximum Gasteiger partial charge on any atom is 0.105 e. The average molecular weight is 219 g/mol. The van der Waals surface area contributed by atoms with Crippen molar-refractivity contribution in [2.45, 2.75) is 26.4 Å². The molecule has 0 bridgehead atoms. The molecule has 2 rings (SSSR count). The van der Waals surface area contributed by atoms with Crippen LogP contribution in [0, 0.1) is 6.92 Å². The largest absolute Gasteiger partial charge is 0.469 e. The predicted molar refractivity (Wildman–Crippen MR) is 62.2 cm³/mol. The molecule has 4 heteroatoms. The normalized spacial score (nSPS) is 12.9. The van der Waals surface area contributed by atoms with Crippen molar-refractivity contribution in [3.8, 4) is 0 Å². The van der Waals surface area contributed by atoms with Crippen molar-refractivity contribution >= 4 is 0 Å². The van der Waals surface area contributed by atoms with Crippen LogP contribution < -0.4 is 5.32 Å². The summed E-state index contributed by atoms with van der Waals surface area (Å²) in [6, 6.07) is 4.18. The van der Waals surface area contributed by atoms with Gasteiger partial charge in [0.15, 0.2) is 0 Å². The third-order valence-electron chi connectivity index (χ3n) is 2.84. The van der Waals surface area contributed by atoms with Crippen LogP contribution in [-0.2, 0) is 6.54 Å². The van der Waals surface area contributed by atoms with Gasteiger partial charge in [-0.25, -0.2) is 0 Å². The zero-order valence-corrected chi connectivity index (χ0v) is 9.90. The standard InChI is InChI=1S/C12H17N3O/c1-4-15-11(5-7-14-15)12(13-3)10-6-8-16-9(10)2/h5-8,12-13H,4H2,1-3H3. The third-order valence-corrected chi connectivity index (χ3v) is 2.84. The van der Waals surface area contributed by atoms with E-state index in [-0.39, 0.29) is 6.04 Å². The summed E-state index contributed by atoms with van der Waals surface area (Å²) >= 11 is 0. The predicted octanol–water partition coefficient (Wildman–Crippen LogP) is 2.11. The lowest BCUT2D eigenvalue weighted by molar-refractivity contribution is 0.514. The fourth-order valence-corrected chi connectivity index (χ4v) is 2.01. The molecule has 1 unspecified atom stereocenters. The molecule has 0 saturated heterocycles. The minimum Gasteiger partial charge on any atom is -0.469 e. The minimum atomic E-state index is 0.140. The van der Waals surface area contributed by atoms with E-state index in [4.69, 9.17) is 4.42 Å². The van der Waals surface area contributed by atoms with Gasteiger partial charge < -0.3 is 9.73 Å². The van der Waals surface area contributed by atoms with Gasteiger partial charge in [-0.3, -0.25) is 4.68 Å². The van der Waals surface area contributed by atoms with Gasteiger partial charge in [-0.1, -0.05) is 0 Å². The molecule has 0 saturated carbocycles. The summed E-state index contributed by atoms with van der Waals surface area (Å²) in [5, 5.41) is 7.59. The van der Waals surface area contributed by atoms with Crippen LogP contribution in [0.1, 0.15) is 30.0 Å². The number of nitrogens with one attached hydrogen (secondary N) is 1. The number of aromatic nitrogens is 2. The molecule has 0 aromatic carbocycles. The lowest BCUT2D eigenvalue weighted by Crippen LogP contribution is -2.21. The van der Waals surface area contributed by atoms with Crippen molar-refractivity contribution in [1.82, 2.24) is 15.1 Å². The molecule has 4 nitrogen and oxygen atoms in total. The number of hydrogen-bond acceptors (Lipinski definition) is 3. The fraction of sp³-hybridized carbons (Fsp3) is 0.417. The van der Waals surface area contributed by atoms with Crippen LogP contribution in [0.5, 0.6) is 0 Å². The molecule has 2 aromatic rings. The lowest BCUT2D eigenvalue weighted by Gasteiger charge is -2.16. The molecule has 0 aliphatic carbocycles. The van der Waals surface area contributed by atoms with Crippen LogP contribution in [0.3, 0.4) is 0 Å². The van der Waals surface area contributed by atoms with Crippen molar-refractivity contribution in [1.29, 1.82) is 0 Å². The Labute approximate surface area is 95.3 Å². The van der Waals surface area contributed by atoms with Crippen molar-refractivity contribution in [3.63, 3.8) is 0 Å². The van der Waals surface area contributed by atoms with E-state index < -0.39 is 0 Å². The van der Waals surface area contributed by atoms with E-state index in [2.05, 4.69) is 17.3 Å². The zero-order valence-electron chi connectivity index (χ0n) is 9.90. The van der Waals surface area contributed by atoms with E-state index in [0.29, 0.717) is 0 Å². The Bertz CT molecular complexity index is 458. The fourth-order valence-electron chi connectivity index (χ4n) is 2.01. The van der Waals surface area contributed by atoms with Crippen molar-refractivity contribution in [3.05, 3.63) is 41.6 Å². The molecular formula is C12H17N3O. The Hall–Kier alpha value is -1.55. The Morgan fingerprint density at radius 3 is 2.88 bits per heavy atom. The Morgan fingerprint density at radius 1 is 1.50 bits per heavy atom. The number of hydrogen-bond donors (Lipinski definition) is 1. The Kier molecular flexibility index (Phi) is 3.10. The molecule has 1 N–H and O–H groups in total. The van der Waals surface area contributed by atoms with Gasteiger partial charge >= 0.3 is 0 Å². The molecule has 0 spiro atoms. The molecule has 0 fully saturated rings. The van der Waals surface area contributed by atoms with E-state index in [0.717, 1.165) is 23.6 Å². The van der Waals surface area contributed by atoms with E-state index in [1.54, 1.807) is 6.26 Å². The van der Waals surface area contributed by atoms with Crippen molar-refractivity contribution < 1.29 is 4.42 Å². The highest BCUT2D eigenvalue weighted by Crippen LogP contribution is 2.24. The molecule has 0 aliphatic rings. The summed E-state index contributed by atoms with van der Waals surface area (Å²) in [4.78, 5) is 0. The summed E-state index contributed by atoms with van der Waals surface area (Å²) in [5.41, 5.74) is 2.33. The SMILES string of the molecule is CCn1nccc1C(NC)c1ccoc1C. The molecule has 2 heterocycles. The lowest BCUT2D eigenvalue weighted by atomic mass is 10.1. The maximum atomic E-state index is 5.35. The smallest absolute Gasteiger partial charge is 0.105 e. The Balaban J connectivity index is 2.40. The van der Waals surface area contributed by atoms with Crippen molar-refractivity contribution in [2.75, 3.05) is 7.05 Å². The maximum absolute atomic E-state index is 5.35. The van der Waals surface area contributed by atoms with Gasteiger partial charge in [-0.15, -0.1) is 0 Å². The highest BCUT2D eigenvalue weighted by atomic mass is 16.3. The van der Waals surface area contributed by atoms with Crippen LogP contribution in [0.15, 0.2) is 29.0 Å². The molecular weight excluding hydrogens is 202 g/mol. The highest BCUT2D eigenvalue weighted by molar-refractivity contribution is 5.28. The van der Waals surface area contributed by atoms with E-state index >= 15 is 0 Å². The summed E-state index contributed by atoms with van der Waals surface area (Å²) < 4.78 is 7.34. The Morgan fingerprint density at radius 2 is 2.31 bits per heavy atom. The molecule has 2 aromatic heterocycles. The van der Waals surface area contributed by atoms with Gasteiger partial charge in [-0.2, -0.15) is 5.10 Å². The van der Waals surface area contributed by atoms with Crippen LogP contribution in [0.4, 0.5) is 0 Å². The summed E-state index contributed by atoms with van der Waals surface area (Å²) in [5.74, 6) is 0.947. The number of furan rings is 1. The van der Waals surface area contributed by atoms with Crippen LogP contribution in [0.2, 0.25) is 0 Å². The topological polar surface area (TPSA) is 43.0 Å². The molecule has 16 heavy (non-hydrogen) atoms. The van der Waals surface area contributed by atoms with E-state index in [1.807, 2.05) is 37.0 Å². The van der Waals surface area contributed by atoms with Crippen molar-refractivity contribution in [2.24, 2.45) is 0 Å². The molecule has 86 valence electrons. The van der Waals surface area contributed by atoms with Gasteiger partial charge in [0.1, 0.15) is 5.76 Å². The van der Waals surface area contributed by atoms with E-state index in [1.165, 1.54) is 0 Å². The minimum absolute atomic E-state index is 0.140. The first-order valence-electron chi connectivity index (χ1n) is 5.51. The second-order valence-electron chi connectivity index (χ2n) is 3.73. The van der Waals surface area contributed by atoms with Gasteiger partial charge in [0, 0.05) is 18.3 Å². The number of aryl methyl sites for hydroxylation is 2. The average Bonchev–Trinajstić information content (AvgIpc) is 2.90. The quantitative estimate of drug-likeness (QED) is 0.856. The molecule has 0 amide bonds. The monoisotopic (exact) mass is 219 g/mol. The first-order chi connectivity index (χ1) is 7.77. The summed E-state index contributed by atoms with van der Waals surface area (Å²) in [7, 11) is 1.95. The summed E-state index contributed by atoms with van der Waals surface area (Å²) in [6.07, 6.45) is 3.56. The highest BCUT2D eigenvalue weighted by Gasteiger charge is 2.19. The van der Waals surface area contributed by atoms with Gasteiger partial charge in [0.2, 0.25) is 0 Å². The first kappa shape index (κ1) is 11.0. The van der Waals surface area contributed by atoms with E-state index in [9.17, 15) is 0 Å².